The fraction of sp³-hybridized carbons (Fsp3) is 0.583. The molecule has 1 aliphatic rings. The van der Waals surface area contributed by atoms with Crippen molar-refractivity contribution in [1.82, 2.24) is 15.2 Å². The van der Waals surface area contributed by atoms with Crippen molar-refractivity contribution >= 4 is 0 Å². The minimum Gasteiger partial charge on any atom is -0.310 e. The second kappa shape index (κ2) is 5.83. The lowest BCUT2D eigenvalue weighted by Gasteiger charge is -2.14. The summed E-state index contributed by atoms with van der Waals surface area (Å²) < 4.78 is 0. The number of likely N-dealkylation sites (tertiary alicyclic amines) is 1. The molecule has 1 aromatic rings. The maximum Gasteiger partial charge on any atom is 0.0541 e. The fourth-order valence-corrected chi connectivity index (χ4v) is 1.96. The second-order valence-electron chi connectivity index (χ2n) is 4.05. The van der Waals surface area contributed by atoms with Gasteiger partial charge in [-0.05, 0) is 38.1 Å². The standard InChI is InChI=1S/C12H19N3/c1-2-6-14-12(5-1)11-13-7-10-15-8-3-4-9-15/h1-2,5-6,13H,3-4,7-11H2. The molecule has 1 aromatic heterocycles. The van der Waals surface area contributed by atoms with E-state index in [1.165, 1.54) is 32.5 Å². The molecule has 15 heavy (non-hydrogen) atoms. The lowest BCUT2D eigenvalue weighted by atomic mass is 10.3. The van der Waals surface area contributed by atoms with Crippen LogP contribution in [0.15, 0.2) is 24.4 Å². The molecule has 2 rings (SSSR count). The van der Waals surface area contributed by atoms with Crippen LogP contribution in [0.4, 0.5) is 0 Å². The molecule has 0 saturated carbocycles. The maximum absolute atomic E-state index is 4.27. The molecule has 0 amide bonds. The molecule has 0 radical (unpaired) electrons. The molecule has 3 nitrogen and oxygen atoms in total. The van der Waals surface area contributed by atoms with Crippen molar-refractivity contribution in [2.24, 2.45) is 0 Å². The van der Waals surface area contributed by atoms with Crippen LogP contribution in [-0.2, 0) is 6.54 Å². The fourth-order valence-electron chi connectivity index (χ4n) is 1.96. The summed E-state index contributed by atoms with van der Waals surface area (Å²) in [6.07, 6.45) is 4.60. The topological polar surface area (TPSA) is 28.2 Å². The van der Waals surface area contributed by atoms with Crippen LogP contribution >= 0.6 is 0 Å². The molecule has 0 aliphatic carbocycles. The number of nitrogens with one attached hydrogen (secondary N) is 1. The lowest BCUT2D eigenvalue weighted by molar-refractivity contribution is 0.335. The largest absolute Gasteiger partial charge is 0.310 e. The summed E-state index contributed by atoms with van der Waals surface area (Å²) in [5.41, 5.74) is 1.12. The molecule has 0 atom stereocenters. The van der Waals surface area contributed by atoms with Crippen molar-refractivity contribution < 1.29 is 0 Å². The Balaban J connectivity index is 1.59. The van der Waals surface area contributed by atoms with E-state index >= 15 is 0 Å². The molecule has 0 spiro atoms. The average molecular weight is 205 g/mol. The number of hydrogen-bond donors (Lipinski definition) is 1. The van der Waals surface area contributed by atoms with E-state index in [0.29, 0.717) is 0 Å². The van der Waals surface area contributed by atoms with Gasteiger partial charge in [0.15, 0.2) is 0 Å². The Morgan fingerprint density at radius 1 is 1.27 bits per heavy atom. The zero-order chi connectivity index (χ0) is 10.3. The minimum absolute atomic E-state index is 0.884. The van der Waals surface area contributed by atoms with Crippen LogP contribution in [-0.4, -0.2) is 36.1 Å². The van der Waals surface area contributed by atoms with Crippen molar-refractivity contribution in [3.8, 4) is 0 Å². The van der Waals surface area contributed by atoms with Crippen LogP contribution in [0.1, 0.15) is 18.5 Å². The highest BCUT2D eigenvalue weighted by molar-refractivity contribution is 5.02. The molecular weight excluding hydrogens is 186 g/mol. The van der Waals surface area contributed by atoms with Gasteiger partial charge >= 0.3 is 0 Å². The van der Waals surface area contributed by atoms with Gasteiger partial charge in [-0.3, -0.25) is 4.98 Å². The monoisotopic (exact) mass is 205 g/mol. The van der Waals surface area contributed by atoms with Gasteiger partial charge in [-0.2, -0.15) is 0 Å². The highest BCUT2D eigenvalue weighted by Crippen LogP contribution is 2.05. The van der Waals surface area contributed by atoms with E-state index in [1.54, 1.807) is 0 Å². The SMILES string of the molecule is c1ccc(CNCCN2CCCC2)nc1. The van der Waals surface area contributed by atoms with Crippen LogP contribution in [0, 0.1) is 0 Å². The highest BCUT2D eigenvalue weighted by atomic mass is 15.1. The van der Waals surface area contributed by atoms with E-state index < -0.39 is 0 Å². The van der Waals surface area contributed by atoms with E-state index in [9.17, 15) is 0 Å². The van der Waals surface area contributed by atoms with Crippen molar-refractivity contribution in [2.45, 2.75) is 19.4 Å². The Bertz CT molecular complexity index is 267. The molecule has 1 fully saturated rings. The predicted octanol–water partition coefficient (Wildman–Crippen LogP) is 1.27. The first-order valence-corrected chi connectivity index (χ1v) is 5.78. The van der Waals surface area contributed by atoms with Crippen LogP contribution in [0.5, 0.6) is 0 Å². The third-order valence-electron chi connectivity index (χ3n) is 2.84. The summed E-state index contributed by atoms with van der Waals surface area (Å²) in [6.45, 7) is 5.69. The van der Waals surface area contributed by atoms with Crippen LogP contribution < -0.4 is 5.32 Å². The first-order valence-electron chi connectivity index (χ1n) is 5.78. The third kappa shape index (κ3) is 3.61. The summed E-state index contributed by atoms with van der Waals surface area (Å²) in [7, 11) is 0. The van der Waals surface area contributed by atoms with Crippen LogP contribution in [0.3, 0.4) is 0 Å². The van der Waals surface area contributed by atoms with Gasteiger partial charge < -0.3 is 10.2 Å². The maximum atomic E-state index is 4.27. The molecular formula is C12H19N3. The van der Waals surface area contributed by atoms with Crippen molar-refractivity contribution in [3.63, 3.8) is 0 Å². The second-order valence-corrected chi connectivity index (χ2v) is 4.05. The van der Waals surface area contributed by atoms with Gasteiger partial charge in [0, 0.05) is 25.8 Å². The smallest absolute Gasteiger partial charge is 0.0541 e. The molecule has 1 N–H and O–H groups in total. The Morgan fingerprint density at radius 3 is 2.87 bits per heavy atom. The predicted molar refractivity (Wildman–Crippen MR) is 61.6 cm³/mol. The zero-order valence-electron chi connectivity index (χ0n) is 9.15. The highest BCUT2D eigenvalue weighted by Gasteiger charge is 2.09. The molecule has 0 aromatic carbocycles. The first-order chi connectivity index (χ1) is 7.45. The van der Waals surface area contributed by atoms with Crippen LogP contribution in [0.25, 0.3) is 0 Å². The normalized spacial score (nSPS) is 17.1. The number of rotatable bonds is 5. The molecule has 1 aliphatic heterocycles. The van der Waals surface area contributed by atoms with Crippen molar-refractivity contribution in [3.05, 3.63) is 30.1 Å². The van der Waals surface area contributed by atoms with Gasteiger partial charge in [-0.15, -0.1) is 0 Å². The summed E-state index contributed by atoms with van der Waals surface area (Å²) in [5, 5.41) is 3.42. The average Bonchev–Trinajstić information content (AvgIpc) is 2.79. The number of nitrogens with zero attached hydrogens (tertiary/aromatic N) is 2. The Hall–Kier alpha value is -0.930. The van der Waals surface area contributed by atoms with Gasteiger partial charge in [-0.25, -0.2) is 0 Å². The summed E-state index contributed by atoms with van der Waals surface area (Å²) >= 11 is 0. The molecule has 0 unspecified atom stereocenters. The van der Waals surface area contributed by atoms with Gasteiger partial charge in [0.05, 0.1) is 5.69 Å². The van der Waals surface area contributed by atoms with Gasteiger partial charge in [0.25, 0.3) is 0 Å². The quantitative estimate of drug-likeness (QED) is 0.734. The molecule has 0 bridgehead atoms. The summed E-state index contributed by atoms with van der Waals surface area (Å²) in [5.74, 6) is 0. The van der Waals surface area contributed by atoms with Crippen molar-refractivity contribution in [1.29, 1.82) is 0 Å². The lowest BCUT2D eigenvalue weighted by Crippen LogP contribution is -2.29. The Labute approximate surface area is 91.5 Å². The number of pyridine rings is 1. The minimum atomic E-state index is 0.884. The summed E-state index contributed by atoms with van der Waals surface area (Å²) in [4.78, 5) is 6.79. The summed E-state index contributed by atoms with van der Waals surface area (Å²) in [6, 6.07) is 6.04. The number of aromatic nitrogens is 1. The molecule has 1 saturated heterocycles. The van der Waals surface area contributed by atoms with E-state index in [1.807, 2.05) is 18.3 Å². The van der Waals surface area contributed by atoms with E-state index in [-0.39, 0.29) is 0 Å². The van der Waals surface area contributed by atoms with E-state index in [4.69, 9.17) is 0 Å². The van der Waals surface area contributed by atoms with Gasteiger partial charge in [0.2, 0.25) is 0 Å². The molecule has 3 heteroatoms. The third-order valence-corrected chi connectivity index (χ3v) is 2.84. The first kappa shape index (κ1) is 10.6. The Morgan fingerprint density at radius 2 is 2.13 bits per heavy atom. The molecule has 2 heterocycles. The van der Waals surface area contributed by atoms with E-state index in [2.05, 4.69) is 21.3 Å². The number of hydrogen-bond acceptors (Lipinski definition) is 3. The van der Waals surface area contributed by atoms with E-state index in [0.717, 1.165) is 18.8 Å². The van der Waals surface area contributed by atoms with Crippen molar-refractivity contribution in [2.75, 3.05) is 26.2 Å². The zero-order valence-corrected chi connectivity index (χ0v) is 9.15. The Kier molecular flexibility index (Phi) is 4.11. The van der Waals surface area contributed by atoms with Gasteiger partial charge in [0.1, 0.15) is 0 Å². The van der Waals surface area contributed by atoms with Gasteiger partial charge in [-0.1, -0.05) is 6.07 Å². The van der Waals surface area contributed by atoms with Crippen LogP contribution in [0.2, 0.25) is 0 Å². The molecule has 82 valence electrons.